The molecule has 2 aromatic rings. The first-order valence-corrected chi connectivity index (χ1v) is 21.0. The summed E-state index contributed by atoms with van der Waals surface area (Å²) in [7, 11) is 0. The molecular formula is C45H67N3O10. The highest BCUT2D eigenvalue weighted by Gasteiger charge is 2.29. The van der Waals surface area contributed by atoms with Crippen molar-refractivity contribution in [3.63, 3.8) is 0 Å². The second-order valence-electron chi connectivity index (χ2n) is 15.4. The molecule has 0 bridgehead atoms. The van der Waals surface area contributed by atoms with E-state index in [9.17, 15) is 28.8 Å². The number of carbonyl (C=O) groups excluding carboxylic acids is 6. The first-order valence-electron chi connectivity index (χ1n) is 21.0. The standard InChI is InChI=1S/C45H67N3O10/c1-6-8-9-10-11-12-13-14-21-29-39(49)47-38(41(51)55-7-2)30-31-40(50)46-36(42(52)56-32-34-23-17-15-18-24-34)27-22-28-37(48-44(54)58-45(3,4)5)43(53)57-33-35-25-19-16-20-26-35/h15-20,23-26,36-38H,6-14,21-22,27-33H2,1-5H3,(H,46,50)(H,47,49)(H,48,54)/t36?,37?,38-/m1/s1. The fourth-order valence-corrected chi connectivity index (χ4v) is 6.03. The Morgan fingerprint density at radius 3 is 1.43 bits per heavy atom. The molecule has 0 saturated carbocycles. The number of hydrogen-bond donors (Lipinski definition) is 3. The predicted octanol–water partition coefficient (Wildman–Crippen LogP) is 7.77. The van der Waals surface area contributed by atoms with Crippen molar-refractivity contribution >= 4 is 35.8 Å². The zero-order valence-corrected chi connectivity index (χ0v) is 35.3. The van der Waals surface area contributed by atoms with E-state index >= 15 is 0 Å². The number of benzene rings is 2. The first kappa shape index (κ1) is 49.2. The third kappa shape index (κ3) is 22.7. The SMILES string of the molecule is CCCCCCCCCCCC(=O)N[C@H](CCC(=O)NC(CCCC(NC(=O)OC(C)(C)C)C(=O)OCc1ccccc1)C(=O)OCc1ccccc1)C(=O)OCC. The van der Waals surface area contributed by atoms with Crippen LogP contribution in [-0.2, 0) is 56.1 Å². The van der Waals surface area contributed by atoms with Crippen LogP contribution in [0, 0.1) is 0 Å². The van der Waals surface area contributed by atoms with Gasteiger partial charge < -0.3 is 34.9 Å². The van der Waals surface area contributed by atoms with E-state index in [2.05, 4.69) is 22.9 Å². The summed E-state index contributed by atoms with van der Waals surface area (Å²) in [6, 6.07) is 14.9. The number of unbranched alkanes of at least 4 members (excludes halogenated alkanes) is 8. The summed E-state index contributed by atoms with van der Waals surface area (Å²) in [6.45, 7) is 9.02. The van der Waals surface area contributed by atoms with Gasteiger partial charge in [0.1, 0.15) is 36.9 Å². The van der Waals surface area contributed by atoms with E-state index in [0.29, 0.717) is 6.42 Å². The van der Waals surface area contributed by atoms with Crippen molar-refractivity contribution in [1.29, 1.82) is 0 Å². The second kappa shape index (κ2) is 28.5. The number of carbonyl (C=O) groups is 6. The minimum atomic E-state index is -1.12. The average Bonchev–Trinajstić information content (AvgIpc) is 3.19. The molecule has 0 radical (unpaired) electrons. The largest absolute Gasteiger partial charge is 0.464 e. The maximum Gasteiger partial charge on any atom is 0.408 e. The summed E-state index contributed by atoms with van der Waals surface area (Å²) >= 11 is 0. The van der Waals surface area contributed by atoms with E-state index in [1.807, 2.05) is 36.4 Å². The van der Waals surface area contributed by atoms with Crippen LogP contribution in [0.15, 0.2) is 60.7 Å². The Kier molecular flexibility index (Phi) is 24.1. The Hall–Kier alpha value is -4.94. The number of hydrogen-bond acceptors (Lipinski definition) is 10. The first-order chi connectivity index (χ1) is 27.8. The highest BCUT2D eigenvalue weighted by Crippen LogP contribution is 2.15. The van der Waals surface area contributed by atoms with Crippen molar-refractivity contribution < 1.29 is 47.7 Å². The Morgan fingerprint density at radius 2 is 0.948 bits per heavy atom. The van der Waals surface area contributed by atoms with Crippen molar-refractivity contribution in [3.8, 4) is 0 Å². The Labute approximate surface area is 345 Å². The molecule has 3 amide bonds. The fraction of sp³-hybridized carbons (Fsp3) is 0.600. The molecule has 0 aliphatic carbocycles. The van der Waals surface area contributed by atoms with Gasteiger partial charge in [0.25, 0.3) is 0 Å². The molecule has 0 aromatic heterocycles. The van der Waals surface area contributed by atoms with Crippen molar-refractivity contribution in [2.45, 2.75) is 168 Å². The molecular weight excluding hydrogens is 743 g/mol. The number of esters is 3. The minimum Gasteiger partial charge on any atom is -0.464 e. The molecule has 0 heterocycles. The number of alkyl carbamates (subject to hydrolysis) is 1. The van der Waals surface area contributed by atoms with E-state index in [1.165, 1.54) is 32.1 Å². The Balaban J connectivity index is 2.06. The Bertz CT molecular complexity index is 1510. The summed E-state index contributed by atoms with van der Waals surface area (Å²) in [6.07, 6.45) is 9.47. The number of amides is 3. The van der Waals surface area contributed by atoms with Gasteiger partial charge in [-0.3, -0.25) is 9.59 Å². The number of rotatable bonds is 28. The van der Waals surface area contributed by atoms with Gasteiger partial charge in [0.2, 0.25) is 11.8 Å². The van der Waals surface area contributed by atoms with Crippen molar-refractivity contribution in [2.75, 3.05) is 6.61 Å². The highest BCUT2D eigenvalue weighted by molar-refractivity contribution is 5.87. The summed E-state index contributed by atoms with van der Waals surface area (Å²) in [5, 5.41) is 8.03. The van der Waals surface area contributed by atoms with Crippen LogP contribution in [0.3, 0.4) is 0 Å². The smallest absolute Gasteiger partial charge is 0.408 e. The summed E-state index contributed by atoms with van der Waals surface area (Å²) in [5.41, 5.74) is 0.696. The molecule has 322 valence electrons. The molecule has 0 spiro atoms. The lowest BCUT2D eigenvalue weighted by Crippen LogP contribution is -2.46. The molecule has 0 aliphatic rings. The van der Waals surface area contributed by atoms with E-state index in [1.54, 1.807) is 52.0 Å². The van der Waals surface area contributed by atoms with E-state index in [0.717, 1.165) is 30.4 Å². The zero-order chi connectivity index (χ0) is 42.6. The van der Waals surface area contributed by atoms with Crippen LogP contribution in [0.1, 0.15) is 142 Å². The lowest BCUT2D eigenvalue weighted by Gasteiger charge is -2.24. The molecule has 13 nitrogen and oxygen atoms in total. The van der Waals surface area contributed by atoms with Crippen LogP contribution >= 0.6 is 0 Å². The van der Waals surface area contributed by atoms with Crippen molar-refractivity contribution in [2.24, 2.45) is 0 Å². The molecule has 2 rings (SSSR count). The maximum absolute atomic E-state index is 13.4. The monoisotopic (exact) mass is 809 g/mol. The van der Waals surface area contributed by atoms with Gasteiger partial charge in [-0.15, -0.1) is 0 Å². The van der Waals surface area contributed by atoms with Gasteiger partial charge in [0, 0.05) is 12.8 Å². The highest BCUT2D eigenvalue weighted by atomic mass is 16.6. The van der Waals surface area contributed by atoms with Gasteiger partial charge in [0.15, 0.2) is 0 Å². The van der Waals surface area contributed by atoms with E-state index < -0.39 is 53.6 Å². The normalized spacial score (nSPS) is 12.6. The van der Waals surface area contributed by atoms with Crippen molar-refractivity contribution in [3.05, 3.63) is 71.8 Å². The number of nitrogens with one attached hydrogen (secondary N) is 3. The Morgan fingerprint density at radius 1 is 0.517 bits per heavy atom. The molecule has 58 heavy (non-hydrogen) atoms. The topological polar surface area (TPSA) is 175 Å². The van der Waals surface area contributed by atoms with Crippen LogP contribution in [0.2, 0.25) is 0 Å². The quantitative estimate of drug-likeness (QED) is 0.0438. The molecule has 0 fully saturated rings. The summed E-state index contributed by atoms with van der Waals surface area (Å²) in [4.78, 5) is 78.2. The van der Waals surface area contributed by atoms with Crippen LogP contribution < -0.4 is 16.0 Å². The van der Waals surface area contributed by atoms with Gasteiger partial charge in [-0.25, -0.2) is 19.2 Å². The van der Waals surface area contributed by atoms with Gasteiger partial charge in [-0.2, -0.15) is 0 Å². The second-order valence-corrected chi connectivity index (χ2v) is 15.4. The third-order valence-corrected chi connectivity index (χ3v) is 9.10. The zero-order valence-electron chi connectivity index (χ0n) is 35.3. The molecule has 13 heteroatoms. The molecule has 3 atom stereocenters. The van der Waals surface area contributed by atoms with E-state index in [4.69, 9.17) is 18.9 Å². The lowest BCUT2D eigenvalue weighted by atomic mass is 10.0. The van der Waals surface area contributed by atoms with Crippen LogP contribution in [0.25, 0.3) is 0 Å². The predicted molar refractivity (Wildman–Crippen MR) is 221 cm³/mol. The third-order valence-electron chi connectivity index (χ3n) is 9.10. The van der Waals surface area contributed by atoms with E-state index in [-0.39, 0.29) is 64.3 Å². The summed E-state index contributed by atoms with van der Waals surface area (Å²) < 4.78 is 21.6. The summed E-state index contributed by atoms with van der Waals surface area (Å²) in [5.74, 6) is -2.86. The average molecular weight is 810 g/mol. The molecule has 2 unspecified atom stereocenters. The maximum atomic E-state index is 13.4. The minimum absolute atomic E-state index is 0.0107. The molecule has 2 aromatic carbocycles. The lowest BCUT2D eigenvalue weighted by molar-refractivity contribution is -0.150. The van der Waals surface area contributed by atoms with Crippen LogP contribution in [0.5, 0.6) is 0 Å². The van der Waals surface area contributed by atoms with Gasteiger partial charge in [-0.1, -0.05) is 119 Å². The van der Waals surface area contributed by atoms with Gasteiger partial charge in [0.05, 0.1) is 6.61 Å². The van der Waals surface area contributed by atoms with Gasteiger partial charge >= 0.3 is 24.0 Å². The molecule has 3 N–H and O–H groups in total. The van der Waals surface area contributed by atoms with Crippen LogP contribution in [-0.4, -0.2) is 66.1 Å². The fourth-order valence-electron chi connectivity index (χ4n) is 6.03. The number of ether oxygens (including phenoxy) is 4. The van der Waals surface area contributed by atoms with Gasteiger partial charge in [-0.05, 0) is 70.9 Å². The molecule has 0 aliphatic heterocycles. The van der Waals surface area contributed by atoms with Crippen LogP contribution in [0.4, 0.5) is 4.79 Å². The molecule has 0 saturated heterocycles. The van der Waals surface area contributed by atoms with Crippen molar-refractivity contribution in [1.82, 2.24) is 16.0 Å².